The van der Waals surface area contributed by atoms with Gasteiger partial charge in [0.05, 0.1) is 29.6 Å². The maximum Gasteiger partial charge on any atom is 0.326 e. The van der Waals surface area contributed by atoms with E-state index >= 15 is 0 Å². The van der Waals surface area contributed by atoms with E-state index in [-0.39, 0.29) is 5.88 Å². The summed E-state index contributed by atoms with van der Waals surface area (Å²) in [5.41, 5.74) is 1.11. The molecule has 0 unspecified atom stereocenters. The first-order valence-electron chi connectivity index (χ1n) is 8.14. The maximum atomic E-state index is 12.1. The lowest BCUT2D eigenvalue weighted by molar-refractivity contribution is 0.261. The number of rotatable bonds is 8. The molecule has 25 heavy (non-hydrogen) atoms. The number of nitrogens with zero attached hydrogens (tertiary/aromatic N) is 1. The molecule has 0 saturated carbocycles. The average molecular weight is 368 g/mol. The van der Waals surface area contributed by atoms with Crippen LogP contribution < -0.4 is 20.1 Å². The van der Waals surface area contributed by atoms with Crippen LogP contribution in [0.1, 0.15) is 32.4 Å². The van der Waals surface area contributed by atoms with Gasteiger partial charge in [0, 0.05) is 12.1 Å². The Morgan fingerprint density at radius 1 is 1.12 bits per heavy atom. The molecule has 2 N–H and O–H groups in total. The summed E-state index contributed by atoms with van der Waals surface area (Å²) >= 11 is 6.24. The minimum atomic E-state index is -0.490. The number of nitrogens with one attached hydrogen (secondary N) is 2. The standard InChI is InChI=1S/C17H22ClN3O4/c1-4-6-23-14-10-15(24-7-5-2)13(9-12(14)18)19-17(22)20-16-8-11(3)21-25-16/h8-10H,4-7H2,1-3H3,(H2,19,20,22). The molecule has 0 aliphatic carbocycles. The minimum absolute atomic E-state index is 0.250. The average Bonchev–Trinajstić information content (AvgIpc) is 2.97. The number of urea groups is 1. The molecule has 1 heterocycles. The molecule has 8 heteroatoms. The predicted molar refractivity (Wildman–Crippen MR) is 96.9 cm³/mol. The number of halogens is 1. The smallest absolute Gasteiger partial charge is 0.326 e. The van der Waals surface area contributed by atoms with Gasteiger partial charge < -0.3 is 19.3 Å². The van der Waals surface area contributed by atoms with Crippen molar-refractivity contribution in [1.29, 1.82) is 0 Å². The molecule has 0 aliphatic rings. The monoisotopic (exact) mass is 367 g/mol. The molecule has 1 aromatic heterocycles. The van der Waals surface area contributed by atoms with Crippen LogP contribution in [0.15, 0.2) is 22.7 Å². The highest BCUT2D eigenvalue weighted by Gasteiger charge is 2.14. The van der Waals surface area contributed by atoms with E-state index in [1.807, 2.05) is 13.8 Å². The fraction of sp³-hybridized carbons (Fsp3) is 0.412. The zero-order chi connectivity index (χ0) is 18.2. The second kappa shape index (κ2) is 9.17. The van der Waals surface area contributed by atoms with E-state index < -0.39 is 6.03 Å². The van der Waals surface area contributed by atoms with Crippen LogP contribution in [-0.2, 0) is 0 Å². The summed E-state index contributed by atoms with van der Waals surface area (Å²) in [6.45, 7) is 6.82. The number of aryl methyl sites for hydroxylation is 1. The molecule has 0 saturated heterocycles. The van der Waals surface area contributed by atoms with Gasteiger partial charge in [-0.3, -0.25) is 5.32 Å². The van der Waals surface area contributed by atoms with Crippen molar-refractivity contribution in [3.05, 3.63) is 28.9 Å². The summed E-state index contributed by atoms with van der Waals surface area (Å²) in [6.07, 6.45) is 1.69. The van der Waals surface area contributed by atoms with E-state index in [0.29, 0.717) is 41.1 Å². The topological polar surface area (TPSA) is 85.6 Å². The largest absolute Gasteiger partial charge is 0.492 e. The third-order valence-electron chi connectivity index (χ3n) is 3.07. The Kier molecular flexibility index (Phi) is 6.94. The molecule has 0 fully saturated rings. The molecular weight excluding hydrogens is 346 g/mol. The van der Waals surface area contributed by atoms with Crippen LogP contribution in [0.25, 0.3) is 0 Å². The highest BCUT2D eigenvalue weighted by molar-refractivity contribution is 6.32. The Bertz CT molecular complexity index is 718. The summed E-state index contributed by atoms with van der Waals surface area (Å²) in [4.78, 5) is 12.1. The lowest BCUT2D eigenvalue weighted by atomic mass is 10.2. The quantitative estimate of drug-likeness (QED) is 0.696. The highest BCUT2D eigenvalue weighted by Crippen LogP contribution is 2.36. The number of hydrogen-bond acceptors (Lipinski definition) is 5. The molecule has 1 aromatic carbocycles. The molecule has 0 radical (unpaired) electrons. The minimum Gasteiger partial charge on any atom is -0.492 e. The van der Waals surface area contributed by atoms with Crippen LogP contribution in [0.5, 0.6) is 11.5 Å². The van der Waals surface area contributed by atoms with Crippen molar-refractivity contribution < 1.29 is 18.8 Å². The summed E-state index contributed by atoms with van der Waals surface area (Å²) < 4.78 is 16.3. The molecule has 136 valence electrons. The van der Waals surface area contributed by atoms with Crippen molar-refractivity contribution in [1.82, 2.24) is 5.16 Å². The van der Waals surface area contributed by atoms with E-state index in [9.17, 15) is 4.79 Å². The van der Waals surface area contributed by atoms with Crippen molar-refractivity contribution in [3.63, 3.8) is 0 Å². The Hall–Kier alpha value is -2.41. The highest BCUT2D eigenvalue weighted by atomic mass is 35.5. The lowest BCUT2D eigenvalue weighted by Gasteiger charge is -2.15. The van der Waals surface area contributed by atoms with Gasteiger partial charge in [-0.25, -0.2) is 4.79 Å². The summed E-state index contributed by atoms with van der Waals surface area (Å²) in [7, 11) is 0. The molecule has 0 spiro atoms. The first-order chi connectivity index (χ1) is 12.0. The van der Waals surface area contributed by atoms with E-state index in [0.717, 1.165) is 12.8 Å². The van der Waals surface area contributed by atoms with Gasteiger partial charge in [-0.15, -0.1) is 0 Å². The van der Waals surface area contributed by atoms with E-state index in [1.165, 1.54) is 0 Å². The van der Waals surface area contributed by atoms with Crippen LogP contribution in [0.3, 0.4) is 0 Å². The third kappa shape index (κ3) is 5.56. The molecule has 2 amide bonds. The molecular formula is C17H22ClN3O4. The van der Waals surface area contributed by atoms with Crippen LogP contribution in [0.2, 0.25) is 5.02 Å². The number of hydrogen-bond donors (Lipinski definition) is 2. The molecule has 2 rings (SSSR count). The SMILES string of the molecule is CCCOc1cc(OCCC)c(NC(=O)Nc2cc(C)no2)cc1Cl. The number of carbonyl (C=O) groups is 1. The van der Waals surface area contributed by atoms with Gasteiger partial charge >= 0.3 is 6.03 Å². The van der Waals surface area contributed by atoms with E-state index in [4.69, 9.17) is 25.6 Å². The first-order valence-corrected chi connectivity index (χ1v) is 8.51. The fourth-order valence-electron chi connectivity index (χ4n) is 1.97. The van der Waals surface area contributed by atoms with Gasteiger partial charge in [0.2, 0.25) is 5.88 Å². The van der Waals surface area contributed by atoms with Crippen molar-refractivity contribution in [2.45, 2.75) is 33.6 Å². The molecule has 0 atom stereocenters. The van der Waals surface area contributed by atoms with Gasteiger partial charge in [-0.05, 0) is 25.8 Å². The van der Waals surface area contributed by atoms with E-state index in [2.05, 4.69) is 15.8 Å². The summed E-state index contributed by atoms with van der Waals surface area (Å²) in [6, 6.07) is 4.41. The van der Waals surface area contributed by atoms with Crippen molar-refractivity contribution >= 4 is 29.2 Å². The number of carbonyl (C=O) groups excluding carboxylic acids is 1. The number of ether oxygens (including phenoxy) is 2. The second-order valence-electron chi connectivity index (χ2n) is 5.39. The fourth-order valence-corrected chi connectivity index (χ4v) is 2.19. The molecule has 2 aromatic rings. The normalized spacial score (nSPS) is 10.4. The van der Waals surface area contributed by atoms with Gasteiger partial charge in [0.25, 0.3) is 0 Å². The van der Waals surface area contributed by atoms with Gasteiger partial charge in [-0.1, -0.05) is 30.6 Å². The van der Waals surface area contributed by atoms with Gasteiger partial charge in [0.1, 0.15) is 11.5 Å². The number of anilines is 2. The zero-order valence-corrected chi connectivity index (χ0v) is 15.3. The third-order valence-corrected chi connectivity index (χ3v) is 3.37. The molecule has 0 bridgehead atoms. The van der Waals surface area contributed by atoms with Gasteiger partial charge in [-0.2, -0.15) is 0 Å². The van der Waals surface area contributed by atoms with Crippen LogP contribution in [0, 0.1) is 6.92 Å². The Morgan fingerprint density at radius 2 is 1.80 bits per heavy atom. The summed E-state index contributed by atoms with van der Waals surface area (Å²) in [5.74, 6) is 1.26. The number of benzene rings is 1. The Labute approximate surface area is 151 Å². The Balaban J connectivity index is 2.15. The summed E-state index contributed by atoms with van der Waals surface area (Å²) in [5, 5.41) is 9.35. The van der Waals surface area contributed by atoms with Crippen molar-refractivity contribution in [2.24, 2.45) is 0 Å². The predicted octanol–water partition coefficient (Wildman–Crippen LogP) is 4.86. The molecule has 7 nitrogen and oxygen atoms in total. The number of aromatic nitrogens is 1. The Morgan fingerprint density at radius 3 is 2.40 bits per heavy atom. The zero-order valence-electron chi connectivity index (χ0n) is 14.5. The van der Waals surface area contributed by atoms with Crippen LogP contribution in [0.4, 0.5) is 16.4 Å². The van der Waals surface area contributed by atoms with Gasteiger partial charge in [0.15, 0.2) is 0 Å². The maximum absolute atomic E-state index is 12.1. The van der Waals surface area contributed by atoms with E-state index in [1.54, 1.807) is 25.1 Å². The van der Waals surface area contributed by atoms with Crippen molar-refractivity contribution in [3.8, 4) is 11.5 Å². The second-order valence-corrected chi connectivity index (χ2v) is 5.79. The van der Waals surface area contributed by atoms with Crippen molar-refractivity contribution in [2.75, 3.05) is 23.8 Å². The molecule has 0 aliphatic heterocycles. The van der Waals surface area contributed by atoms with Crippen LogP contribution >= 0.6 is 11.6 Å². The first kappa shape index (κ1) is 18.9. The van der Waals surface area contributed by atoms with Crippen LogP contribution in [-0.4, -0.2) is 24.4 Å². The lowest BCUT2D eigenvalue weighted by Crippen LogP contribution is -2.19. The number of amides is 2.